The van der Waals surface area contributed by atoms with E-state index in [2.05, 4.69) is 9.97 Å². The first-order chi connectivity index (χ1) is 9.56. The number of rotatable bonds is 5. The maximum absolute atomic E-state index is 11.2. The molecule has 0 unspecified atom stereocenters. The van der Waals surface area contributed by atoms with Crippen LogP contribution in [0.1, 0.15) is 0 Å². The van der Waals surface area contributed by atoms with Crippen molar-refractivity contribution < 1.29 is 4.74 Å². The number of benzene rings is 1. The number of anilines is 1. The molecule has 2 aromatic rings. The molecule has 2 rings (SSSR count). The van der Waals surface area contributed by atoms with E-state index >= 15 is 0 Å². The molecule has 0 saturated heterocycles. The number of nitrogens with one attached hydrogen (secondary N) is 1. The van der Waals surface area contributed by atoms with Crippen LogP contribution in [-0.4, -0.2) is 22.3 Å². The summed E-state index contributed by atoms with van der Waals surface area (Å²) < 4.78 is 5.51. The molecule has 5 nitrogen and oxygen atoms in total. The molecule has 0 fully saturated rings. The second-order valence-corrected chi connectivity index (χ2v) is 5.62. The van der Waals surface area contributed by atoms with Gasteiger partial charge >= 0.3 is 0 Å². The largest absolute Gasteiger partial charge is 0.490 e. The molecule has 0 aliphatic heterocycles. The van der Waals surface area contributed by atoms with Crippen molar-refractivity contribution in [2.45, 2.75) is 5.16 Å². The SMILES string of the molecule is Nc1cc(=O)[nH]c(SCCOc2c(Cl)cccc2Cl)n1. The highest BCUT2D eigenvalue weighted by Crippen LogP contribution is 2.32. The summed E-state index contributed by atoms with van der Waals surface area (Å²) in [5.74, 6) is 1.20. The highest BCUT2D eigenvalue weighted by Gasteiger charge is 2.06. The number of ether oxygens (including phenoxy) is 1. The van der Waals surface area contributed by atoms with Gasteiger partial charge in [0.05, 0.1) is 16.7 Å². The van der Waals surface area contributed by atoms with Crippen molar-refractivity contribution in [1.82, 2.24) is 9.97 Å². The number of nitrogens with two attached hydrogens (primary N) is 1. The minimum Gasteiger partial charge on any atom is -0.490 e. The second-order valence-electron chi connectivity index (χ2n) is 3.72. The van der Waals surface area contributed by atoms with Gasteiger partial charge in [0.25, 0.3) is 5.56 Å². The van der Waals surface area contributed by atoms with Gasteiger partial charge in [-0.05, 0) is 12.1 Å². The zero-order chi connectivity index (χ0) is 14.5. The number of nitrogens with zero attached hydrogens (tertiary/aromatic N) is 1. The molecular weight excluding hydrogens is 321 g/mol. The Kier molecular flexibility index (Phi) is 5.17. The molecule has 0 amide bonds. The lowest BCUT2D eigenvalue weighted by Crippen LogP contribution is -2.10. The van der Waals surface area contributed by atoms with Crippen LogP contribution in [0.4, 0.5) is 5.82 Å². The number of aromatic nitrogens is 2. The van der Waals surface area contributed by atoms with E-state index in [0.717, 1.165) is 0 Å². The summed E-state index contributed by atoms with van der Waals surface area (Å²) in [6.07, 6.45) is 0. The van der Waals surface area contributed by atoms with Crippen molar-refractivity contribution in [1.29, 1.82) is 0 Å². The van der Waals surface area contributed by atoms with E-state index in [1.54, 1.807) is 18.2 Å². The molecule has 0 bridgehead atoms. The molecule has 20 heavy (non-hydrogen) atoms. The van der Waals surface area contributed by atoms with Crippen molar-refractivity contribution in [3.05, 3.63) is 44.7 Å². The number of nitrogen functional groups attached to an aromatic ring is 1. The first-order valence-corrected chi connectivity index (χ1v) is 7.37. The Morgan fingerprint density at radius 3 is 2.70 bits per heavy atom. The Morgan fingerprint density at radius 1 is 1.35 bits per heavy atom. The van der Waals surface area contributed by atoms with Crippen LogP contribution in [0.2, 0.25) is 10.0 Å². The molecule has 0 spiro atoms. The zero-order valence-corrected chi connectivity index (χ0v) is 12.6. The van der Waals surface area contributed by atoms with Gasteiger partial charge in [0, 0.05) is 11.8 Å². The lowest BCUT2D eigenvalue weighted by atomic mass is 10.3. The molecule has 0 atom stereocenters. The summed E-state index contributed by atoms with van der Waals surface area (Å²) in [5, 5.41) is 1.36. The van der Waals surface area contributed by atoms with Crippen LogP contribution >= 0.6 is 35.0 Å². The fourth-order valence-electron chi connectivity index (χ4n) is 1.42. The molecule has 3 N–H and O–H groups in total. The molecule has 0 aliphatic rings. The zero-order valence-electron chi connectivity index (χ0n) is 10.2. The predicted molar refractivity (Wildman–Crippen MR) is 82.0 cm³/mol. The first-order valence-electron chi connectivity index (χ1n) is 5.62. The fourth-order valence-corrected chi connectivity index (χ4v) is 2.63. The molecule has 0 radical (unpaired) electrons. The summed E-state index contributed by atoms with van der Waals surface area (Å²) in [5.41, 5.74) is 5.20. The molecule has 8 heteroatoms. The Bertz CT molecular complexity index is 643. The monoisotopic (exact) mass is 331 g/mol. The third kappa shape index (κ3) is 4.06. The smallest absolute Gasteiger partial charge is 0.253 e. The van der Waals surface area contributed by atoms with E-state index in [9.17, 15) is 4.79 Å². The van der Waals surface area contributed by atoms with Crippen LogP contribution in [-0.2, 0) is 0 Å². The van der Waals surface area contributed by atoms with E-state index in [1.807, 2.05) is 0 Å². The van der Waals surface area contributed by atoms with Crippen LogP contribution in [0, 0.1) is 0 Å². The van der Waals surface area contributed by atoms with E-state index in [-0.39, 0.29) is 11.4 Å². The Balaban J connectivity index is 1.89. The van der Waals surface area contributed by atoms with Crippen molar-refractivity contribution in [2.24, 2.45) is 0 Å². The van der Waals surface area contributed by atoms with E-state index in [1.165, 1.54) is 17.8 Å². The maximum atomic E-state index is 11.2. The third-order valence-corrected chi connectivity index (χ3v) is 3.66. The summed E-state index contributed by atoms with van der Waals surface area (Å²) in [7, 11) is 0. The van der Waals surface area contributed by atoms with E-state index in [4.69, 9.17) is 33.7 Å². The number of hydrogen-bond donors (Lipinski definition) is 2. The van der Waals surface area contributed by atoms with Crippen molar-refractivity contribution in [3.8, 4) is 5.75 Å². The molecule has 1 aromatic carbocycles. The van der Waals surface area contributed by atoms with Crippen LogP contribution in [0.3, 0.4) is 0 Å². The van der Waals surface area contributed by atoms with Gasteiger partial charge in [-0.2, -0.15) is 0 Å². The highest BCUT2D eigenvalue weighted by molar-refractivity contribution is 7.99. The summed E-state index contributed by atoms with van der Waals surface area (Å²) in [6, 6.07) is 6.37. The average molecular weight is 332 g/mol. The highest BCUT2D eigenvalue weighted by atomic mass is 35.5. The molecule has 0 saturated carbocycles. The first kappa shape index (κ1) is 15.0. The van der Waals surface area contributed by atoms with Crippen LogP contribution in [0.15, 0.2) is 34.2 Å². The predicted octanol–water partition coefficient (Wildman–Crippen LogP) is 2.83. The Hall–Kier alpha value is -1.37. The fraction of sp³-hybridized carbons (Fsp3) is 0.167. The lowest BCUT2D eigenvalue weighted by molar-refractivity contribution is 0.344. The maximum Gasteiger partial charge on any atom is 0.253 e. The van der Waals surface area contributed by atoms with Gasteiger partial charge in [-0.1, -0.05) is 41.0 Å². The minimum atomic E-state index is -0.282. The van der Waals surface area contributed by atoms with E-state index < -0.39 is 0 Å². The van der Waals surface area contributed by atoms with Crippen molar-refractivity contribution in [2.75, 3.05) is 18.1 Å². The molecule has 1 aromatic heterocycles. The summed E-state index contributed by atoms with van der Waals surface area (Å²) in [4.78, 5) is 17.8. The van der Waals surface area contributed by atoms with Crippen LogP contribution < -0.4 is 16.0 Å². The van der Waals surface area contributed by atoms with Gasteiger partial charge in [0.15, 0.2) is 10.9 Å². The third-order valence-electron chi connectivity index (χ3n) is 2.23. The molecular formula is C12H11Cl2N3O2S. The van der Waals surface area contributed by atoms with Gasteiger partial charge in [-0.3, -0.25) is 4.79 Å². The van der Waals surface area contributed by atoms with Gasteiger partial charge < -0.3 is 15.5 Å². The molecule has 0 aliphatic carbocycles. The van der Waals surface area contributed by atoms with Crippen LogP contribution in [0.25, 0.3) is 0 Å². The van der Waals surface area contributed by atoms with Crippen molar-refractivity contribution in [3.63, 3.8) is 0 Å². The number of aromatic amines is 1. The number of thioether (sulfide) groups is 1. The van der Waals surface area contributed by atoms with Gasteiger partial charge in [0.1, 0.15) is 5.82 Å². The van der Waals surface area contributed by atoms with E-state index in [0.29, 0.717) is 33.3 Å². The van der Waals surface area contributed by atoms with Crippen molar-refractivity contribution >= 4 is 40.8 Å². The number of para-hydroxylation sites is 1. The lowest BCUT2D eigenvalue weighted by Gasteiger charge is -2.09. The second kappa shape index (κ2) is 6.88. The standard InChI is InChI=1S/C12H11Cl2N3O2S/c13-7-2-1-3-8(14)11(7)19-4-5-20-12-16-9(15)6-10(18)17-12/h1-3,6H,4-5H2,(H3,15,16,17,18). The number of halogens is 2. The van der Waals surface area contributed by atoms with Crippen LogP contribution in [0.5, 0.6) is 5.75 Å². The average Bonchev–Trinajstić information content (AvgIpc) is 2.36. The number of hydrogen-bond acceptors (Lipinski definition) is 5. The minimum absolute atomic E-state index is 0.186. The van der Waals surface area contributed by atoms with Gasteiger partial charge in [-0.25, -0.2) is 4.98 Å². The Labute approximate surface area is 129 Å². The van der Waals surface area contributed by atoms with Gasteiger partial charge in [0.2, 0.25) is 0 Å². The number of H-pyrrole nitrogens is 1. The van der Waals surface area contributed by atoms with Gasteiger partial charge in [-0.15, -0.1) is 0 Å². The summed E-state index contributed by atoms with van der Waals surface area (Å²) >= 11 is 13.3. The summed E-state index contributed by atoms with van der Waals surface area (Å²) in [6.45, 7) is 0.368. The quantitative estimate of drug-likeness (QED) is 0.500. The molecule has 1 heterocycles. The topological polar surface area (TPSA) is 81.0 Å². The molecule has 106 valence electrons. The normalized spacial score (nSPS) is 10.5. The Morgan fingerprint density at radius 2 is 2.05 bits per heavy atom.